The number of carboxylic acid groups (broad SMARTS) is 2. The fourth-order valence-electron chi connectivity index (χ4n) is 3.59. The zero-order chi connectivity index (χ0) is 22.1. The summed E-state index contributed by atoms with van der Waals surface area (Å²) in [5.41, 5.74) is -2.58. The Morgan fingerprint density at radius 1 is 0.679 bits per heavy atom. The number of aliphatic carboxylic acids is 2. The summed E-state index contributed by atoms with van der Waals surface area (Å²) in [5, 5.41) is 96.0. The van der Waals surface area contributed by atoms with Gasteiger partial charge in [0.05, 0.1) is 62.7 Å². The Bertz CT molecular complexity index is 458. The van der Waals surface area contributed by atoms with Crippen LogP contribution in [0.5, 0.6) is 0 Å². The largest absolute Gasteiger partial charge is 0.481 e. The third-order valence-corrected chi connectivity index (χ3v) is 4.94. The highest BCUT2D eigenvalue weighted by atomic mass is 16.4. The Labute approximate surface area is 160 Å². The van der Waals surface area contributed by atoms with E-state index in [1.165, 1.54) is 0 Å². The van der Waals surface area contributed by atoms with Crippen molar-refractivity contribution in [2.24, 2.45) is 17.3 Å². The molecule has 0 radical (unpaired) electrons. The summed E-state index contributed by atoms with van der Waals surface area (Å²) < 4.78 is 0. The number of hydrogen-bond donors (Lipinski definition) is 10. The maximum atomic E-state index is 12.3. The summed E-state index contributed by atoms with van der Waals surface area (Å²) in [6, 6.07) is 0. The predicted molar refractivity (Wildman–Crippen MR) is 90.9 cm³/mol. The molecule has 0 aliphatic carbocycles. The number of rotatable bonds is 15. The summed E-state index contributed by atoms with van der Waals surface area (Å²) in [6.07, 6.45) is -9.47. The maximum absolute atomic E-state index is 12.3. The average molecular weight is 414 g/mol. The zero-order valence-corrected chi connectivity index (χ0v) is 15.2. The monoisotopic (exact) mass is 414 g/mol. The van der Waals surface area contributed by atoms with E-state index in [2.05, 4.69) is 0 Å². The van der Waals surface area contributed by atoms with E-state index >= 15 is 0 Å². The Hall–Kier alpha value is -1.38. The Balaban J connectivity index is 6.66. The van der Waals surface area contributed by atoms with Gasteiger partial charge in [-0.3, -0.25) is 9.59 Å². The van der Waals surface area contributed by atoms with Gasteiger partial charge in [0.2, 0.25) is 0 Å². The van der Waals surface area contributed by atoms with Crippen LogP contribution in [0.3, 0.4) is 0 Å². The molecule has 0 fully saturated rings. The fraction of sp³-hybridized carbons (Fsp3) is 0.875. The van der Waals surface area contributed by atoms with E-state index in [-0.39, 0.29) is 0 Å². The molecule has 0 saturated heterocycles. The number of aliphatic hydroxyl groups is 8. The number of carbonyl (C=O) groups is 2. The summed E-state index contributed by atoms with van der Waals surface area (Å²) in [7, 11) is 0. The molecule has 0 heterocycles. The molecule has 0 aliphatic rings. The number of hydrogen-bond acceptors (Lipinski definition) is 10. The van der Waals surface area contributed by atoms with Crippen molar-refractivity contribution in [2.75, 3.05) is 26.4 Å². The topological polar surface area (TPSA) is 236 Å². The minimum atomic E-state index is -2.58. The normalized spacial score (nSPS) is 20.4. The van der Waals surface area contributed by atoms with Crippen LogP contribution >= 0.6 is 0 Å². The van der Waals surface area contributed by atoms with Crippen molar-refractivity contribution >= 4 is 11.9 Å². The molecule has 28 heavy (non-hydrogen) atoms. The molecule has 0 saturated carbocycles. The van der Waals surface area contributed by atoms with Crippen molar-refractivity contribution in [3.63, 3.8) is 0 Å². The van der Waals surface area contributed by atoms with E-state index in [9.17, 15) is 50.4 Å². The molecular formula is C16H30O12. The van der Waals surface area contributed by atoms with Gasteiger partial charge in [0, 0.05) is 11.8 Å². The second kappa shape index (κ2) is 12.2. The third kappa shape index (κ3) is 6.60. The van der Waals surface area contributed by atoms with Crippen LogP contribution in [-0.4, -0.2) is 114 Å². The van der Waals surface area contributed by atoms with E-state index in [1.54, 1.807) is 0 Å². The molecular weight excluding hydrogens is 384 g/mol. The van der Waals surface area contributed by atoms with Crippen molar-refractivity contribution in [3.8, 4) is 0 Å². The van der Waals surface area contributed by atoms with E-state index in [0.717, 1.165) is 0 Å². The van der Waals surface area contributed by atoms with Crippen LogP contribution in [0.1, 0.15) is 19.3 Å². The van der Waals surface area contributed by atoms with Crippen LogP contribution < -0.4 is 0 Å². The van der Waals surface area contributed by atoms with Gasteiger partial charge in [-0.1, -0.05) is 0 Å². The maximum Gasteiger partial charge on any atom is 0.311 e. The summed E-state index contributed by atoms with van der Waals surface area (Å²) >= 11 is 0. The van der Waals surface area contributed by atoms with Gasteiger partial charge in [-0.2, -0.15) is 0 Å². The Morgan fingerprint density at radius 2 is 1.04 bits per heavy atom. The van der Waals surface area contributed by atoms with Gasteiger partial charge < -0.3 is 51.1 Å². The van der Waals surface area contributed by atoms with Crippen molar-refractivity contribution in [1.29, 1.82) is 0 Å². The summed E-state index contributed by atoms with van der Waals surface area (Å²) in [6.45, 7) is -3.77. The second-order valence-electron chi connectivity index (χ2n) is 6.77. The summed E-state index contributed by atoms with van der Waals surface area (Å²) in [5.74, 6) is -6.90. The predicted octanol–water partition coefficient (Wildman–Crippen LogP) is -4.04. The molecule has 0 amide bonds. The lowest BCUT2D eigenvalue weighted by atomic mass is 9.58. The molecule has 12 heteroatoms. The highest BCUT2D eigenvalue weighted by Gasteiger charge is 2.57. The molecule has 0 aromatic rings. The number of aliphatic hydroxyl groups excluding tert-OH is 8. The van der Waals surface area contributed by atoms with Gasteiger partial charge in [0.25, 0.3) is 0 Å². The standard InChI is InChI=1S/C16H30O12/c17-4-8(21)1-10(12(23)6-19)16(15(27)28,3-14(25)26)11(13(24)7-20)2-9(22)5-18/h8-13,17-24H,1-7H2,(H,25,26)(H,27,28). The van der Waals surface area contributed by atoms with Crippen molar-refractivity contribution in [3.05, 3.63) is 0 Å². The molecule has 0 rings (SSSR count). The molecule has 166 valence electrons. The van der Waals surface area contributed by atoms with E-state index < -0.39 is 99.3 Å². The van der Waals surface area contributed by atoms with E-state index in [4.69, 9.17) is 10.2 Å². The van der Waals surface area contributed by atoms with Gasteiger partial charge in [-0.15, -0.1) is 0 Å². The molecule has 0 aliphatic heterocycles. The zero-order valence-electron chi connectivity index (χ0n) is 15.2. The molecule has 0 spiro atoms. The first-order chi connectivity index (χ1) is 13.0. The van der Waals surface area contributed by atoms with E-state index in [0.29, 0.717) is 0 Å². The molecule has 10 N–H and O–H groups in total. The quantitative estimate of drug-likeness (QED) is 0.123. The molecule has 6 atom stereocenters. The van der Waals surface area contributed by atoms with Crippen LogP contribution in [0.25, 0.3) is 0 Å². The average Bonchev–Trinajstić information content (AvgIpc) is 2.66. The summed E-state index contributed by atoms with van der Waals surface area (Å²) in [4.78, 5) is 23.8. The second-order valence-corrected chi connectivity index (χ2v) is 6.77. The SMILES string of the molecule is O=C(O)CC(C(=O)O)(C(CC(O)CO)C(O)CO)C(CC(O)CO)C(O)CO. The van der Waals surface area contributed by atoms with Gasteiger partial charge in [0.15, 0.2) is 0 Å². The van der Waals surface area contributed by atoms with Crippen LogP contribution in [0.2, 0.25) is 0 Å². The van der Waals surface area contributed by atoms with Gasteiger partial charge in [0.1, 0.15) is 0 Å². The number of carboxylic acids is 2. The molecule has 0 bridgehead atoms. The minimum Gasteiger partial charge on any atom is -0.481 e. The first kappa shape index (κ1) is 26.6. The third-order valence-electron chi connectivity index (χ3n) is 4.94. The van der Waals surface area contributed by atoms with Crippen LogP contribution in [-0.2, 0) is 9.59 Å². The lowest BCUT2D eigenvalue weighted by molar-refractivity contribution is -0.182. The molecule has 12 nitrogen and oxygen atoms in total. The van der Waals surface area contributed by atoms with Gasteiger partial charge in [-0.25, -0.2) is 0 Å². The van der Waals surface area contributed by atoms with Gasteiger partial charge >= 0.3 is 11.9 Å². The van der Waals surface area contributed by atoms with Gasteiger partial charge in [-0.05, 0) is 12.8 Å². The van der Waals surface area contributed by atoms with Crippen molar-refractivity contribution < 1.29 is 60.7 Å². The fourth-order valence-corrected chi connectivity index (χ4v) is 3.59. The van der Waals surface area contributed by atoms with Crippen molar-refractivity contribution in [1.82, 2.24) is 0 Å². The Kier molecular flexibility index (Phi) is 11.6. The first-order valence-electron chi connectivity index (χ1n) is 8.62. The minimum absolute atomic E-state index is 0.665. The van der Waals surface area contributed by atoms with Crippen molar-refractivity contribution in [2.45, 2.75) is 43.7 Å². The van der Waals surface area contributed by atoms with Crippen LogP contribution in [0.15, 0.2) is 0 Å². The molecule has 0 aromatic carbocycles. The molecule has 0 aromatic heterocycles. The highest BCUT2D eigenvalue weighted by Crippen LogP contribution is 2.47. The highest BCUT2D eigenvalue weighted by molar-refractivity contribution is 5.82. The lowest BCUT2D eigenvalue weighted by Crippen LogP contribution is -2.56. The smallest absolute Gasteiger partial charge is 0.311 e. The van der Waals surface area contributed by atoms with Crippen LogP contribution in [0.4, 0.5) is 0 Å². The lowest BCUT2D eigenvalue weighted by Gasteiger charge is -2.46. The first-order valence-corrected chi connectivity index (χ1v) is 8.62. The Morgan fingerprint density at radius 3 is 1.25 bits per heavy atom. The van der Waals surface area contributed by atoms with Crippen LogP contribution in [0, 0.1) is 17.3 Å². The van der Waals surface area contributed by atoms with E-state index in [1.807, 2.05) is 0 Å². The molecule has 6 unspecified atom stereocenters.